The van der Waals surface area contributed by atoms with Gasteiger partial charge >= 0.3 is 5.97 Å². The number of aromatic nitrogens is 1. The molecule has 0 spiro atoms. The monoisotopic (exact) mass is 281 g/mol. The number of nitrogens with one attached hydrogen (secondary N) is 1. The molecule has 2 saturated carbocycles. The van der Waals surface area contributed by atoms with Crippen LogP contribution in [0.15, 0.2) is 5.38 Å². The van der Waals surface area contributed by atoms with Crippen molar-refractivity contribution in [2.24, 2.45) is 23.5 Å². The molecule has 2 aliphatic carbocycles. The summed E-state index contributed by atoms with van der Waals surface area (Å²) in [5, 5.41) is 14.7. The average Bonchev–Trinajstić information content (AvgIpc) is 3.11. The van der Waals surface area contributed by atoms with Gasteiger partial charge in [-0.3, -0.25) is 4.79 Å². The molecule has 1 heterocycles. The highest BCUT2D eigenvalue weighted by molar-refractivity contribution is 7.13. The fourth-order valence-electron chi connectivity index (χ4n) is 3.48. The third-order valence-corrected chi connectivity index (χ3v) is 5.32. The van der Waals surface area contributed by atoms with Gasteiger partial charge in [-0.1, -0.05) is 6.42 Å². The van der Waals surface area contributed by atoms with Crippen LogP contribution < -0.4 is 11.1 Å². The summed E-state index contributed by atoms with van der Waals surface area (Å²) in [6.07, 6.45) is 5.53. The van der Waals surface area contributed by atoms with Crippen molar-refractivity contribution in [2.45, 2.75) is 31.7 Å². The van der Waals surface area contributed by atoms with Gasteiger partial charge in [0.25, 0.3) is 0 Å². The molecule has 6 heteroatoms. The van der Waals surface area contributed by atoms with Crippen LogP contribution in [0.1, 0.15) is 37.4 Å². The van der Waals surface area contributed by atoms with Gasteiger partial charge in [-0.05, 0) is 37.0 Å². The zero-order chi connectivity index (χ0) is 13.4. The molecule has 0 aliphatic heterocycles. The number of aliphatic carboxylic acids is 1. The second-order valence-electron chi connectivity index (χ2n) is 5.71. The molecule has 2 fully saturated rings. The summed E-state index contributed by atoms with van der Waals surface area (Å²) >= 11 is 1.43. The molecule has 2 bridgehead atoms. The van der Waals surface area contributed by atoms with Gasteiger partial charge in [0.05, 0.1) is 5.69 Å². The largest absolute Gasteiger partial charge is 0.480 e. The van der Waals surface area contributed by atoms with Gasteiger partial charge in [0, 0.05) is 11.9 Å². The maximum absolute atomic E-state index is 10.8. The number of nitrogens with two attached hydrogens (primary N) is 1. The summed E-state index contributed by atoms with van der Waals surface area (Å²) in [7, 11) is 0. The van der Waals surface area contributed by atoms with Gasteiger partial charge in [0.15, 0.2) is 5.13 Å². The third kappa shape index (κ3) is 2.60. The topological polar surface area (TPSA) is 88.2 Å². The van der Waals surface area contributed by atoms with E-state index in [0.29, 0.717) is 5.69 Å². The average molecular weight is 281 g/mol. The standard InChI is InChI=1S/C13H19N3O2S/c14-11(12(17)18)10-6-19-13(16-10)15-5-9-4-7-1-2-8(9)3-7/h6-9,11H,1-5,14H2,(H,15,16)(H,17,18). The highest BCUT2D eigenvalue weighted by Gasteiger charge is 2.39. The molecule has 0 saturated heterocycles. The first kappa shape index (κ1) is 12.9. The lowest BCUT2D eigenvalue weighted by atomic mass is 9.89. The first-order chi connectivity index (χ1) is 9.13. The summed E-state index contributed by atoms with van der Waals surface area (Å²) in [5.74, 6) is 1.56. The van der Waals surface area contributed by atoms with E-state index >= 15 is 0 Å². The highest BCUT2D eigenvalue weighted by Crippen LogP contribution is 2.48. The summed E-state index contributed by atoms with van der Waals surface area (Å²) in [4.78, 5) is 15.0. The second-order valence-corrected chi connectivity index (χ2v) is 6.57. The molecule has 3 rings (SSSR count). The quantitative estimate of drug-likeness (QED) is 0.769. The van der Waals surface area contributed by atoms with Crippen molar-refractivity contribution in [3.63, 3.8) is 0 Å². The van der Waals surface area contributed by atoms with E-state index < -0.39 is 12.0 Å². The first-order valence-corrected chi connectivity index (χ1v) is 7.69. The Morgan fingerprint density at radius 3 is 3.05 bits per heavy atom. The van der Waals surface area contributed by atoms with E-state index in [2.05, 4.69) is 10.3 Å². The van der Waals surface area contributed by atoms with Crippen LogP contribution in [0.4, 0.5) is 5.13 Å². The Bertz CT molecular complexity index is 476. The second kappa shape index (κ2) is 5.09. The van der Waals surface area contributed by atoms with E-state index in [0.717, 1.165) is 29.4 Å². The van der Waals surface area contributed by atoms with Gasteiger partial charge in [-0.25, -0.2) is 4.98 Å². The normalized spacial score (nSPS) is 30.5. The number of carboxylic acid groups (broad SMARTS) is 1. The molecule has 0 amide bonds. The Morgan fingerprint density at radius 1 is 1.58 bits per heavy atom. The summed E-state index contributed by atoms with van der Waals surface area (Å²) in [6, 6.07) is -1.02. The predicted molar refractivity (Wildman–Crippen MR) is 74.1 cm³/mol. The Hall–Kier alpha value is -1.14. The fourth-order valence-corrected chi connectivity index (χ4v) is 4.24. The van der Waals surface area contributed by atoms with Gasteiger partial charge in [0.2, 0.25) is 0 Å². The van der Waals surface area contributed by atoms with E-state index in [1.165, 1.54) is 37.0 Å². The number of hydrogen-bond acceptors (Lipinski definition) is 5. The van der Waals surface area contributed by atoms with Crippen LogP contribution in [0.25, 0.3) is 0 Å². The lowest BCUT2D eigenvalue weighted by Crippen LogP contribution is -2.22. The maximum Gasteiger partial charge on any atom is 0.326 e. The maximum atomic E-state index is 10.8. The van der Waals surface area contributed by atoms with Crippen LogP contribution in [0, 0.1) is 17.8 Å². The molecular weight excluding hydrogens is 262 g/mol. The molecule has 1 aromatic heterocycles. The Morgan fingerprint density at radius 2 is 2.42 bits per heavy atom. The molecule has 0 radical (unpaired) electrons. The van der Waals surface area contributed by atoms with Crippen molar-refractivity contribution >= 4 is 22.4 Å². The van der Waals surface area contributed by atoms with Crippen LogP contribution in [-0.4, -0.2) is 22.6 Å². The smallest absolute Gasteiger partial charge is 0.326 e. The van der Waals surface area contributed by atoms with Crippen LogP contribution >= 0.6 is 11.3 Å². The minimum absolute atomic E-state index is 0.438. The van der Waals surface area contributed by atoms with E-state index in [1.54, 1.807) is 5.38 Å². The van der Waals surface area contributed by atoms with Crippen molar-refractivity contribution in [3.05, 3.63) is 11.1 Å². The molecule has 19 heavy (non-hydrogen) atoms. The number of nitrogens with zero attached hydrogens (tertiary/aromatic N) is 1. The number of fused-ring (bicyclic) bond motifs is 2. The molecule has 0 aromatic carbocycles. The Labute approximate surface area is 116 Å². The minimum atomic E-state index is -1.04. The molecular formula is C13H19N3O2S. The molecule has 2 aliphatic rings. The number of rotatable bonds is 5. The molecule has 1 aromatic rings. The summed E-state index contributed by atoms with van der Waals surface area (Å²) in [6.45, 7) is 0.955. The predicted octanol–water partition coefficient (Wildman–Crippen LogP) is 2.08. The van der Waals surface area contributed by atoms with E-state index in [9.17, 15) is 4.79 Å². The lowest BCUT2D eigenvalue weighted by Gasteiger charge is -2.21. The first-order valence-electron chi connectivity index (χ1n) is 6.81. The van der Waals surface area contributed by atoms with E-state index in [4.69, 9.17) is 10.8 Å². The number of thiazole rings is 1. The van der Waals surface area contributed by atoms with Crippen LogP contribution in [0.2, 0.25) is 0 Å². The van der Waals surface area contributed by atoms with Crippen LogP contribution in [0.3, 0.4) is 0 Å². The number of hydrogen-bond donors (Lipinski definition) is 3. The molecule has 4 unspecified atom stereocenters. The highest BCUT2D eigenvalue weighted by atomic mass is 32.1. The van der Waals surface area contributed by atoms with E-state index in [-0.39, 0.29) is 0 Å². The van der Waals surface area contributed by atoms with Gasteiger partial charge < -0.3 is 16.2 Å². The van der Waals surface area contributed by atoms with E-state index in [1.807, 2.05) is 0 Å². The van der Waals surface area contributed by atoms with Gasteiger partial charge in [-0.15, -0.1) is 11.3 Å². The molecule has 4 atom stereocenters. The number of carboxylic acids is 1. The number of carbonyl (C=O) groups is 1. The minimum Gasteiger partial charge on any atom is -0.480 e. The molecule has 104 valence electrons. The van der Waals surface area contributed by atoms with Crippen molar-refractivity contribution in [1.82, 2.24) is 4.98 Å². The van der Waals surface area contributed by atoms with Crippen LogP contribution in [0.5, 0.6) is 0 Å². The zero-order valence-electron chi connectivity index (χ0n) is 10.7. The number of anilines is 1. The van der Waals surface area contributed by atoms with Crippen LogP contribution in [-0.2, 0) is 4.79 Å². The third-order valence-electron chi connectivity index (χ3n) is 4.51. The van der Waals surface area contributed by atoms with Gasteiger partial charge in [0.1, 0.15) is 6.04 Å². The Kier molecular flexibility index (Phi) is 3.45. The fraction of sp³-hybridized carbons (Fsp3) is 0.692. The van der Waals surface area contributed by atoms with Crippen molar-refractivity contribution in [1.29, 1.82) is 0 Å². The Balaban J connectivity index is 1.54. The SMILES string of the molecule is NC(C(=O)O)c1csc(NCC2CC3CCC2C3)n1. The lowest BCUT2D eigenvalue weighted by molar-refractivity contribution is -0.138. The molecule has 4 N–H and O–H groups in total. The zero-order valence-corrected chi connectivity index (χ0v) is 11.5. The van der Waals surface area contributed by atoms with Crippen molar-refractivity contribution < 1.29 is 9.90 Å². The van der Waals surface area contributed by atoms with Crippen molar-refractivity contribution in [2.75, 3.05) is 11.9 Å². The van der Waals surface area contributed by atoms with Crippen molar-refractivity contribution in [3.8, 4) is 0 Å². The summed E-state index contributed by atoms with van der Waals surface area (Å²) < 4.78 is 0. The summed E-state index contributed by atoms with van der Waals surface area (Å²) in [5.41, 5.74) is 5.97. The van der Waals surface area contributed by atoms with Gasteiger partial charge in [-0.2, -0.15) is 0 Å². The molecule has 5 nitrogen and oxygen atoms in total.